The molecule has 2 N–H and O–H groups in total. The summed E-state index contributed by atoms with van der Waals surface area (Å²) in [6.45, 7) is 1.03. The van der Waals surface area contributed by atoms with Crippen LogP contribution in [0.2, 0.25) is 5.02 Å². The lowest BCUT2D eigenvalue weighted by atomic mass is 9.86. The quantitative estimate of drug-likeness (QED) is 0.627. The van der Waals surface area contributed by atoms with Gasteiger partial charge in [0.1, 0.15) is 0 Å². The first-order valence-corrected chi connectivity index (χ1v) is 10.5. The molecule has 1 aliphatic carbocycles. The van der Waals surface area contributed by atoms with Gasteiger partial charge in [0.15, 0.2) is 11.5 Å². The first kappa shape index (κ1) is 21.6. The van der Waals surface area contributed by atoms with Gasteiger partial charge >= 0.3 is 6.18 Å². The Morgan fingerprint density at radius 2 is 1.77 bits per heavy atom. The number of ether oxygens (including phenoxy) is 2. The third-order valence-electron chi connectivity index (χ3n) is 5.69. The highest BCUT2D eigenvalue weighted by atomic mass is 35.5. The molecule has 2 aromatic carbocycles. The average molecular weight is 455 g/mol. The number of amides is 1. The molecule has 1 saturated carbocycles. The Bertz CT molecular complexity index is 960. The van der Waals surface area contributed by atoms with Gasteiger partial charge in [-0.3, -0.25) is 4.79 Å². The van der Waals surface area contributed by atoms with Gasteiger partial charge < -0.3 is 20.1 Å². The van der Waals surface area contributed by atoms with Gasteiger partial charge in [0.05, 0.1) is 16.1 Å². The maximum Gasteiger partial charge on any atom is 0.416 e. The molecular formula is C22H22ClF3N2O3. The smallest absolute Gasteiger partial charge is 0.416 e. The van der Waals surface area contributed by atoms with Crippen molar-refractivity contribution >= 4 is 23.2 Å². The van der Waals surface area contributed by atoms with Crippen molar-refractivity contribution in [2.75, 3.05) is 18.7 Å². The standard InChI is InChI=1S/C22H22ClF3N2O3/c23-18-7-3-14(22(24,25)26)9-17(18)21(29)28-15-4-1-13(2-5-15)11-27-16-6-8-19-20(10-16)31-12-30-19/h3,6-10,13,15,27H,1-2,4-5,11-12H2,(H,28,29). The third kappa shape index (κ3) is 5.18. The van der Waals surface area contributed by atoms with Crippen molar-refractivity contribution in [2.45, 2.75) is 37.9 Å². The van der Waals surface area contributed by atoms with E-state index in [1.807, 2.05) is 18.2 Å². The topological polar surface area (TPSA) is 59.6 Å². The zero-order valence-electron chi connectivity index (χ0n) is 16.6. The number of carbonyl (C=O) groups excluding carboxylic acids is 1. The van der Waals surface area contributed by atoms with Crippen LogP contribution in [0, 0.1) is 5.92 Å². The normalized spacial score (nSPS) is 20.4. The molecule has 0 bridgehead atoms. The van der Waals surface area contributed by atoms with E-state index < -0.39 is 17.6 Å². The predicted octanol–water partition coefficient (Wildman–Crippen LogP) is 5.49. The first-order chi connectivity index (χ1) is 14.8. The zero-order chi connectivity index (χ0) is 22.0. The summed E-state index contributed by atoms with van der Waals surface area (Å²) in [6, 6.07) is 8.43. The molecule has 9 heteroatoms. The van der Waals surface area contributed by atoms with Crippen LogP contribution in [0.5, 0.6) is 11.5 Å². The highest BCUT2D eigenvalue weighted by molar-refractivity contribution is 6.33. The molecule has 1 heterocycles. The van der Waals surface area contributed by atoms with Crippen molar-refractivity contribution < 1.29 is 27.4 Å². The van der Waals surface area contributed by atoms with Gasteiger partial charge in [0.2, 0.25) is 6.79 Å². The monoisotopic (exact) mass is 454 g/mol. The van der Waals surface area contributed by atoms with Gasteiger partial charge in [-0.15, -0.1) is 0 Å². The number of anilines is 1. The summed E-state index contributed by atoms with van der Waals surface area (Å²) in [5.41, 5.74) is -0.0812. The summed E-state index contributed by atoms with van der Waals surface area (Å²) >= 11 is 5.96. The number of alkyl halides is 3. The molecule has 166 valence electrons. The molecule has 0 saturated heterocycles. The Morgan fingerprint density at radius 1 is 1.03 bits per heavy atom. The highest BCUT2D eigenvalue weighted by Crippen LogP contribution is 2.35. The Labute approximate surface area is 182 Å². The molecule has 1 fully saturated rings. The SMILES string of the molecule is O=C(NC1CCC(CNc2ccc3c(c2)OCO3)CC1)c1cc(C(F)(F)F)ccc1Cl. The molecule has 31 heavy (non-hydrogen) atoms. The fourth-order valence-corrected chi connectivity index (χ4v) is 4.12. The van der Waals surface area contributed by atoms with Crippen molar-refractivity contribution in [3.8, 4) is 11.5 Å². The Morgan fingerprint density at radius 3 is 2.52 bits per heavy atom. The van der Waals surface area contributed by atoms with Crippen LogP contribution >= 0.6 is 11.6 Å². The maximum absolute atomic E-state index is 12.9. The summed E-state index contributed by atoms with van der Waals surface area (Å²) in [6.07, 6.45) is -1.20. The number of carbonyl (C=O) groups is 1. The third-order valence-corrected chi connectivity index (χ3v) is 6.02. The van der Waals surface area contributed by atoms with E-state index in [0.29, 0.717) is 5.92 Å². The minimum absolute atomic E-state index is 0.00659. The number of hydrogen-bond acceptors (Lipinski definition) is 4. The molecule has 4 rings (SSSR count). The van der Waals surface area contributed by atoms with Crippen LogP contribution in [-0.2, 0) is 6.18 Å². The number of benzene rings is 2. The van der Waals surface area contributed by atoms with Gasteiger partial charge in [0, 0.05) is 24.3 Å². The van der Waals surface area contributed by atoms with E-state index in [2.05, 4.69) is 10.6 Å². The molecule has 2 aliphatic rings. The van der Waals surface area contributed by atoms with Gasteiger partial charge in [-0.05, 0) is 61.9 Å². The van der Waals surface area contributed by atoms with Crippen LogP contribution in [0.4, 0.5) is 18.9 Å². The van der Waals surface area contributed by atoms with E-state index in [9.17, 15) is 18.0 Å². The van der Waals surface area contributed by atoms with E-state index in [4.69, 9.17) is 21.1 Å². The van der Waals surface area contributed by atoms with Crippen LogP contribution in [0.3, 0.4) is 0 Å². The lowest BCUT2D eigenvalue weighted by molar-refractivity contribution is -0.137. The minimum atomic E-state index is -4.53. The minimum Gasteiger partial charge on any atom is -0.454 e. The van der Waals surface area contributed by atoms with Crippen molar-refractivity contribution in [1.29, 1.82) is 0 Å². The Balaban J connectivity index is 1.27. The molecule has 0 aromatic heterocycles. The number of hydrogen-bond donors (Lipinski definition) is 2. The summed E-state index contributed by atoms with van der Waals surface area (Å²) in [7, 11) is 0. The lowest BCUT2D eigenvalue weighted by Crippen LogP contribution is -2.38. The van der Waals surface area contributed by atoms with Gasteiger partial charge in [0.25, 0.3) is 5.91 Å². The summed E-state index contributed by atoms with van der Waals surface area (Å²) in [5.74, 6) is 1.33. The summed E-state index contributed by atoms with van der Waals surface area (Å²) in [5, 5.41) is 6.25. The molecule has 0 radical (unpaired) electrons. The molecule has 0 spiro atoms. The Kier molecular flexibility index (Phi) is 6.18. The number of halogens is 4. The van der Waals surface area contributed by atoms with Crippen LogP contribution < -0.4 is 20.1 Å². The van der Waals surface area contributed by atoms with Crippen LogP contribution in [0.25, 0.3) is 0 Å². The van der Waals surface area contributed by atoms with Crippen molar-refractivity contribution in [2.24, 2.45) is 5.92 Å². The zero-order valence-corrected chi connectivity index (χ0v) is 17.4. The van der Waals surface area contributed by atoms with Crippen molar-refractivity contribution in [3.05, 3.63) is 52.5 Å². The second kappa shape index (κ2) is 8.86. The van der Waals surface area contributed by atoms with E-state index in [-0.39, 0.29) is 23.4 Å². The highest BCUT2D eigenvalue weighted by Gasteiger charge is 2.32. The van der Waals surface area contributed by atoms with E-state index >= 15 is 0 Å². The molecule has 5 nitrogen and oxygen atoms in total. The van der Waals surface area contributed by atoms with Gasteiger partial charge in [-0.2, -0.15) is 13.2 Å². The van der Waals surface area contributed by atoms with Crippen molar-refractivity contribution in [1.82, 2.24) is 5.32 Å². The van der Waals surface area contributed by atoms with E-state index in [1.165, 1.54) is 0 Å². The summed E-state index contributed by atoms with van der Waals surface area (Å²) < 4.78 is 49.5. The fourth-order valence-electron chi connectivity index (χ4n) is 3.92. The van der Waals surface area contributed by atoms with Crippen LogP contribution in [0.1, 0.15) is 41.6 Å². The number of fused-ring (bicyclic) bond motifs is 1. The predicted molar refractivity (Wildman–Crippen MR) is 111 cm³/mol. The number of rotatable bonds is 5. The molecule has 1 aliphatic heterocycles. The van der Waals surface area contributed by atoms with Gasteiger partial charge in [-0.25, -0.2) is 0 Å². The lowest BCUT2D eigenvalue weighted by Gasteiger charge is -2.29. The second-order valence-electron chi connectivity index (χ2n) is 7.83. The first-order valence-electron chi connectivity index (χ1n) is 10.1. The number of nitrogens with one attached hydrogen (secondary N) is 2. The molecule has 0 unspecified atom stereocenters. The second-order valence-corrected chi connectivity index (χ2v) is 8.24. The molecule has 1 amide bonds. The average Bonchev–Trinajstić information content (AvgIpc) is 3.20. The van der Waals surface area contributed by atoms with E-state index in [1.54, 1.807) is 0 Å². The molecule has 0 atom stereocenters. The van der Waals surface area contributed by atoms with Gasteiger partial charge in [-0.1, -0.05) is 11.6 Å². The Hall–Kier alpha value is -2.61. The van der Waals surface area contributed by atoms with E-state index in [0.717, 1.165) is 67.6 Å². The maximum atomic E-state index is 12.9. The fraction of sp³-hybridized carbons (Fsp3) is 0.409. The van der Waals surface area contributed by atoms with Crippen LogP contribution in [0.15, 0.2) is 36.4 Å². The molecule has 2 aromatic rings. The largest absolute Gasteiger partial charge is 0.454 e. The molecular weight excluding hydrogens is 433 g/mol. The van der Waals surface area contributed by atoms with Crippen LogP contribution in [-0.4, -0.2) is 25.3 Å². The van der Waals surface area contributed by atoms with Crippen molar-refractivity contribution in [3.63, 3.8) is 0 Å². The summed E-state index contributed by atoms with van der Waals surface area (Å²) in [4.78, 5) is 12.5.